The molecule has 4 nitrogen and oxygen atoms in total. The molecule has 1 N–H and O–H groups in total. The van der Waals surface area contributed by atoms with Crippen LogP contribution in [-0.2, 0) is 0 Å². The van der Waals surface area contributed by atoms with E-state index in [1.807, 2.05) is 0 Å². The number of aromatic nitrogens is 3. The summed E-state index contributed by atoms with van der Waals surface area (Å²) in [6.07, 6.45) is 4.95. The monoisotopic (exact) mass is 161 g/mol. The van der Waals surface area contributed by atoms with E-state index in [-0.39, 0.29) is 5.56 Å². The fourth-order valence-electron chi connectivity index (χ4n) is 0.991. The lowest BCUT2D eigenvalue weighted by atomic mass is 10.5. The molecule has 12 heavy (non-hydrogen) atoms. The molecule has 0 amide bonds. The molecule has 2 rings (SSSR count). The van der Waals surface area contributed by atoms with Gasteiger partial charge in [0.2, 0.25) is 5.95 Å². The highest BCUT2D eigenvalue weighted by atomic mass is 16.1. The number of nitrogens with zero attached hydrogens (tertiary/aromatic N) is 2. The molecule has 2 heterocycles. The SMILES string of the molecule is O=c1ccccn1-c1ncc[nH]1. The van der Waals surface area contributed by atoms with E-state index >= 15 is 0 Å². The summed E-state index contributed by atoms with van der Waals surface area (Å²) in [5, 5.41) is 0. The maximum absolute atomic E-state index is 11.2. The zero-order valence-electron chi connectivity index (χ0n) is 6.27. The van der Waals surface area contributed by atoms with Crippen LogP contribution in [-0.4, -0.2) is 14.5 Å². The van der Waals surface area contributed by atoms with Crippen molar-refractivity contribution in [1.82, 2.24) is 14.5 Å². The molecule has 0 unspecified atom stereocenters. The van der Waals surface area contributed by atoms with Crippen molar-refractivity contribution in [3.05, 3.63) is 47.1 Å². The van der Waals surface area contributed by atoms with Gasteiger partial charge in [-0.15, -0.1) is 0 Å². The van der Waals surface area contributed by atoms with Gasteiger partial charge in [0.25, 0.3) is 5.56 Å². The quantitative estimate of drug-likeness (QED) is 0.664. The first-order valence-corrected chi connectivity index (χ1v) is 3.55. The highest BCUT2D eigenvalue weighted by molar-refractivity contribution is 5.12. The Morgan fingerprint density at radius 2 is 2.33 bits per heavy atom. The van der Waals surface area contributed by atoms with E-state index in [1.54, 1.807) is 30.7 Å². The van der Waals surface area contributed by atoms with Gasteiger partial charge in [0.15, 0.2) is 0 Å². The molecule has 0 saturated carbocycles. The van der Waals surface area contributed by atoms with Crippen LogP contribution in [0.2, 0.25) is 0 Å². The van der Waals surface area contributed by atoms with Crippen molar-refractivity contribution in [3.63, 3.8) is 0 Å². The molecule has 2 aromatic rings. The van der Waals surface area contributed by atoms with Crippen LogP contribution in [0, 0.1) is 0 Å². The smallest absolute Gasteiger partial charge is 0.257 e. The van der Waals surface area contributed by atoms with Crippen LogP contribution < -0.4 is 5.56 Å². The number of aromatic amines is 1. The van der Waals surface area contributed by atoms with Crippen molar-refractivity contribution in [1.29, 1.82) is 0 Å². The average molecular weight is 161 g/mol. The summed E-state index contributed by atoms with van der Waals surface area (Å²) in [6, 6.07) is 4.97. The fourth-order valence-corrected chi connectivity index (χ4v) is 0.991. The summed E-state index contributed by atoms with van der Waals surface area (Å²) in [5.74, 6) is 0.542. The maximum atomic E-state index is 11.2. The fraction of sp³-hybridized carbons (Fsp3) is 0. The largest absolute Gasteiger partial charge is 0.330 e. The normalized spacial score (nSPS) is 10.0. The van der Waals surface area contributed by atoms with Crippen molar-refractivity contribution < 1.29 is 0 Å². The minimum atomic E-state index is -0.0903. The second kappa shape index (κ2) is 2.65. The summed E-state index contributed by atoms with van der Waals surface area (Å²) < 4.78 is 1.44. The molecule has 0 aromatic carbocycles. The van der Waals surface area contributed by atoms with E-state index in [0.29, 0.717) is 5.95 Å². The molecule has 0 radical (unpaired) electrons. The lowest BCUT2D eigenvalue weighted by Crippen LogP contribution is -2.16. The second-order valence-electron chi connectivity index (χ2n) is 2.32. The van der Waals surface area contributed by atoms with Crippen molar-refractivity contribution in [2.75, 3.05) is 0 Å². The van der Waals surface area contributed by atoms with E-state index in [0.717, 1.165) is 0 Å². The standard InChI is InChI=1S/C8H7N3O/c12-7-3-1-2-6-11(7)8-9-4-5-10-8/h1-6H,(H,9,10). The van der Waals surface area contributed by atoms with Gasteiger partial charge in [0, 0.05) is 24.7 Å². The number of hydrogen-bond donors (Lipinski definition) is 1. The van der Waals surface area contributed by atoms with Crippen LogP contribution in [0.3, 0.4) is 0 Å². The predicted molar refractivity (Wildman–Crippen MR) is 44.2 cm³/mol. The molecular weight excluding hydrogens is 154 g/mol. The number of H-pyrrole nitrogens is 1. The van der Waals surface area contributed by atoms with Crippen LogP contribution >= 0.6 is 0 Å². The molecule has 0 atom stereocenters. The number of pyridine rings is 1. The van der Waals surface area contributed by atoms with Gasteiger partial charge in [-0.05, 0) is 6.07 Å². The highest BCUT2D eigenvalue weighted by Gasteiger charge is 1.97. The first kappa shape index (κ1) is 6.84. The van der Waals surface area contributed by atoms with Crippen LogP contribution in [0.5, 0.6) is 0 Å². The Morgan fingerprint density at radius 1 is 1.42 bits per heavy atom. The van der Waals surface area contributed by atoms with E-state index in [9.17, 15) is 4.79 Å². The first-order chi connectivity index (χ1) is 5.88. The molecule has 2 aromatic heterocycles. The number of nitrogens with one attached hydrogen (secondary N) is 1. The molecule has 0 aliphatic heterocycles. The summed E-state index contributed by atoms with van der Waals surface area (Å²) in [7, 11) is 0. The van der Waals surface area contributed by atoms with Crippen molar-refractivity contribution >= 4 is 0 Å². The Balaban J connectivity index is 2.63. The van der Waals surface area contributed by atoms with Crippen LogP contribution in [0.1, 0.15) is 0 Å². The van der Waals surface area contributed by atoms with Gasteiger partial charge in [-0.1, -0.05) is 6.07 Å². The number of hydrogen-bond acceptors (Lipinski definition) is 2. The van der Waals surface area contributed by atoms with Gasteiger partial charge in [0.05, 0.1) is 0 Å². The molecule has 0 aliphatic rings. The number of imidazole rings is 1. The minimum absolute atomic E-state index is 0.0903. The zero-order chi connectivity index (χ0) is 8.39. The van der Waals surface area contributed by atoms with Crippen molar-refractivity contribution in [2.24, 2.45) is 0 Å². The summed E-state index contributed by atoms with van der Waals surface area (Å²) in [4.78, 5) is 18.0. The van der Waals surface area contributed by atoms with Crippen LogP contribution in [0.4, 0.5) is 0 Å². The Hall–Kier alpha value is -1.84. The first-order valence-electron chi connectivity index (χ1n) is 3.55. The third-order valence-corrected chi connectivity index (χ3v) is 1.53. The third kappa shape index (κ3) is 1.03. The van der Waals surface area contributed by atoms with Gasteiger partial charge in [-0.25, -0.2) is 4.98 Å². The van der Waals surface area contributed by atoms with E-state index < -0.39 is 0 Å². The Bertz CT molecular complexity index is 416. The van der Waals surface area contributed by atoms with Gasteiger partial charge >= 0.3 is 0 Å². The molecule has 0 aliphatic carbocycles. The Labute approximate surface area is 68.5 Å². The van der Waals surface area contributed by atoms with Gasteiger partial charge in [0.1, 0.15) is 0 Å². The van der Waals surface area contributed by atoms with E-state index in [1.165, 1.54) is 10.6 Å². The lowest BCUT2D eigenvalue weighted by Gasteiger charge is -1.97. The topological polar surface area (TPSA) is 50.7 Å². The Morgan fingerprint density at radius 3 is 3.00 bits per heavy atom. The maximum Gasteiger partial charge on any atom is 0.257 e. The Kier molecular flexibility index (Phi) is 1.51. The summed E-state index contributed by atoms with van der Waals surface area (Å²) in [5.41, 5.74) is -0.0903. The molecule has 0 fully saturated rings. The van der Waals surface area contributed by atoms with Crippen molar-refractivity contribution in [2.45, 2.75) is 0 Å². The van der Waals surface area contributed by atoms with Crippen molar-refractivity contribution in [3.8, 4) is 5.95 Å². The average Bonchev–Trinajstić information content (AvgIpc) is 2.57. The molecule has 0 saturated heterocycles. The summed E-state index contributed by atoms with van der Waals surface area (Å²) >= 11 is 0. The van der Waals surface area contributed by atoms with Gasteiger partial charge in [-0.2, -0.15) is 0 Å². The highest BCUT2D eigenvalue weighted by Crippen LogP contribution is 1.93. The lowest BCUT2D eigenvalue weighted by molar-refractivity contribution is 0.913. The van der Waals surface area contributed by atoms with E-state index in [4.69, 9.17) is 0 Å². The van der Waals surface area contributed by atoms with Crippen LogP contribution in [0.25, 0.3) is 5.95 Å². The number of rotatable bonds is 1. The molecular formula is C8H7N3O. The molecule has 4 heteroatoms. The third-order valence-electron chi connectivity index (χ3n) is 1.53. The molecule has 60 valence electrons. The summed E-state index contributed by atoms with van der Waals surface area (Å²) in [6.45, 7) is 0. The van der Waals surface area contributed by atoms with Gasteiger partial charge < -0.3 is 4.98 Å². The molecule has 0 spiro atoms. The predicted octanol–water partition coefficient (Wildman–Crippen LogP) is 0.561. The zero-order valence-corrected chi connectivity index (χ0v) is 6.27. The minimum Gasteiger partial charge on any atom is -0.330 e. The second-order valence-corrected chi connectivity index (χ2v) is 2.32. The molecule has 0 bridgehead atoms. The van der Waals surface area contributed by atoms with E-state index in [2.05, 4.69) is 9.97 Å². The van der Waals surface area contributed by atoms with Gasteiger partial charge in [-0.3, -0.25) is 9.36 Å². The van der Waals surface area contributed by atoms with Crippen LogP contribution in [0.15, 0.2) is 41.6 Å².